The minimum absolute atomic E-state index is 0.239. The van der Waals surface area contributed by atoms with Gasteiger partial charge in [0.15, 0.2) is 0 Å². The molecule has 0 aromatic carbocycles. The molecule has 0 aromatic heterocycles. The molecule has 0 aromatic rings. The Labute approximate surface area is 99.3 Å². The molecule has 2 rings (SSSR count). The van der Waals surface area contributed by atoms with Gasteiger partial charge in [-0.2, -0.15) is 0 Å². The van der Waals surface area contributed by atoms with E-state index in [1.165, 1.54) is 43.3 Å². The summed E-state index contributed by atoms with van der Waals surface area (Å²) < 4.78 is 0. The molecule has 0 saturated heterocycles. The molecule has 16 heavy (non-hydrogen) atoms. The first-order valence-electron chi connectivity index (χ1n) is 6.56. The Hall–Kier alpha value is -0.560. The van der Waals surface area contributed by atoms with Gasteiger partial charge in [-0.15, -0.1) is 0 Å². The van der Waals surface area contributed by atoms with Gasteiger partial charge in [0, 0.05) is 0 Å². The van der Waals surface area contributed by atoms with E-state index in [0.717, 1.165) is 5.92 Å². The molecule has 2 aliphatic carbocycles. The van der Waals surface area contributed by atoms with Crippen LogP contribution in [0.1, 0.15) is 52.9 Å². The zero-order chi connectivity index (χ0) is 11.8. The number of hydrogen-bond acceptors (Lipinski definition) is 1. The van der Waals surface area contributed by atoms with E-state index in [0.29, 0.717) is 5.41 Å². The van der Waals surface area contributed by atoms with Crippen LogP contribution in [0.25, 0.3) is 0 Å². The second-order valence-electron chi connectivity index (χ2n) is 5.74. The van der Waals surface area contributed by atoms with Gasteiger partial charge < -0.3 is 5.11 Å². The van der Waals surface area contributed by atoms with Crippen LogP contribution < -0.4 is 0 Å². The summed E-state index contributed by atoms with van der Waals surface area (Å²) in [6, 6.07) is 0. The molecular formula is C15H24O. The van der Waals surface area contributed by atoms with E-state index in [4.69, 9.17) is 0 Å². The molecule has 0 radical (unpaired) electrons. The van der Waals surface area contributed by atoms with Gasteiger partial charge in [0.25, 0.3) is 0 Å². The van der Waals surface area contributed by atoms with Gasteiger partial charge in [0.2, 0.25) is 0 Å². The standard InChI is InChI=1S/C15H24O/c1-11(10-16)14-7-8-15(9-14)12(2)5-4-6-13(15)3/h5,13,16H,4,6-10H2,1-3H3/b14-11-/t13-,15+/m1/s1. The van der Waals surface area contributed by atoms with E-state index in [-0.39, 0.29) is 6.61 Å². The zero-order valence-electron chi connectivity index (χ0n) is 10.8. The summed E-state index contributed by atoms with van der Waals surface area (Å²) in [6.45, 7) is 7.05. The van der Waals surface area contributed by atoms with E-state index in [9.17, 15) is 5.11 Å². The topological polar surface area (TPSA) is 20.2 Å². The number of hydrogen-bond donors (Lipinski definition) is 1. The van der Waals surface area contributed by atoms with Crippen LogP contribution in [0.5, 0.6) is 0 Å². The molecule has 0 unspecified atom stereocenters. The lowest BCUT2D eigenvalue weighted by Gasteiger charge is -2.40. The van der Waals surface area contributed by atoms with E-state index >= 15 is 0 Å². The Kier molecular flexibility index (Phi) is 3.25. The maximum atomic E-state index is 9.24. The van der Waals surface area contributed by atoms with Crippen LogP contribution in [0.3, 0.4) is 0 Å². The molecule has 1 fully saturated rings. The monoisotopic (exact) mass is 220 g/mol. The minimum Gasteiger partial charge on any atom is -0.392 e. The van der Waals surface area contributed by atoms with Crippen LogP contribution in [-0.4, -0.2) is 11.7 Å². The molecule has 2 aliphatic rings. The van der Waals surface area contributed by atoms with Gasteiger partial charge in [-0.25, -0.2) is 0 Å². The maximum Gasteiger partial charge on any atom is 0.0641 e. The van der Waals surface area contributed by atoms with Crippen LogP contribution in [0.15, 0.2) is 22.8 Å². The normalized spacial score (nSPS) is 37.8. The van der Waals surface area contributed by atoms with Gasteiger partial charge in [-0.3, -0.25) is 0 Å². The van der Waals surface area contributed by atoms with Crippen LogP contribution in [0, 0.1) is 11.3 Å². The largest absolute Gasteiger partial charge is 0.392 e. The third-order valence-corrected chi connectivity index (χ3v) is 5.02. The Balaban J connectivity index is 2.29. The summed E-state index contributed by atoms with van der Waals surface area (Å²) in [5.41, 5.74) is 4.77. The number of allylic oxidation sites excluding steroid dienone is 3. The summed E-state index contributed by atoms with van der Waals surface area (Å²) in [5.74, 6) is 0.807. The van der Waals surface area contributed by atoms with Crippen molar-refractivity contribution in [2.24, 2.45) is 11.3 Å². The second kappa shape index (κ2) is 4.37. The van der Waals surface area contributed by atoms with Crippen LogP contribution in [0.4, 0.5) is 0 Å². The zero-order valence-corrected chi connectivity index (χ0v) is 10.8. The van der Waals surface area contributed by atoms with Crippen LogP contribution in [-0.2, 0) is 0 Å². The number of aliphatic hydroxyl groups is 1. The number of rotatable bonds is 1. The van der Waals surface area contributed by atoms with Gasteiger partial charge in [-0.1, -0.05) is 24.1 Å². The first kappa shape index (κ1) is 11.9. The molecule has 0 amide bonds. The Morgan fingerprint density at radius 3 is 2.94 bits per heavy atom. The smallest absolute Gasteiger partial charge is 0.0641 e. The fraction of sp³-hybridized carbons (Fsp3) is 0.733. The molecule has 0 aliphatic heterocycles. The molecule has 1 heteroatoms. The van der Waals surface area contributed by atoms with Crippen molar-refractivity contribution in [2.45, 2.75) is 52.9 Å². The van der Waals surface area contributed by atoms with Crippen molar-refractivity contribution in [2.75, 3.05) is 6.61 Å². The maximum absolute atomic E-state index is 9.24. The summed E-state index contributed by atoms with van der Waals surface area (Å²) in [7, 11) is 0. The lowest BCUT2D eigenvalue weighted by molar-refractivity contribution is 0.213. The van der Waals surface area contributed by atoms with Crippen LogP contribution >= 0.6 is 0 Å². The van der Waals surface area contributed by atoms with Crippen molar-refractivity contribution in [3.63, 3.8) is 0 Å². The minimum atomic E-state index is 0.239. The second-order valence-corrected chi connectivity index (χ2v) is 5.74. The molecule has 1 N–H and O–H groups in total. The van der Waals surface area contributed by atoms with E-state index in [1.807, 2.05) is 0 Å². The molecule has 1 saturated carbocycles. The van der Waals surface area contributed by atoms with Gasteiger partial charge >= 0.3 is 0 Å². The van der Waals surface area contributed by atoms with Crippen molar-refractivity contribution in [3.8, 4) is 0 Å². The third-order valence-electron chi connectivity index (χ3n) is 5.02. The molecule has 0 bridgehead atoms. The van der Waals surface area contributed by atoms with Crippen molar-refractivity contribution in [1.29, 1.82) is 0 Å². The lowest BCUT2D eigenvalue weighted by atomic mass is 9.65. The highest BCUT2D eigenvalue weighted by Gasteiger charge is 2.43. The molecule has 1 spiro atoms. The Morgan fingerprint density at radius 2 is 2.31 bits per heavy atom. The van der Waals surface area contributed by atoms with Gasteiger partial charge in [0.1, 0.15) is 0 Å². The van der Waals surface area contributed by atoms with E-state index in [1.54, 1.807) is 5.57 Å². The highest BCUT2D eigenvalue weighted by molar-refractivity contribution is 5.29. The molecule has 1 nitrogen and oxygen atoms in total. The first-order chi connectivity index (χ1) is 7.60. The fourth-order valence-corrected chi connectivity index (χ4v) is 3.58. The summed E-state index contributed by atoms with van der Waals surface area (Å²) >= 11 is 0. The predicted octanol–water partition coefficient (Wildman–Crippen LogP) is 3.84. The van der Waals surface area contributed by atoms with E-state index in [2.05, 4.69) is 26.8 Å². The van der Waals surface area contributed by atoms with Gasteiger partial charge in [-0.05, 0) is 62.9 Å². The average molecular weight is 220 g/mol. The van der Waals surface area contributed by atoms with Crippen molar-refractivity contribution in [3.05, 3.63) is 22.8 Å². The van der Waals surface area contributed by atoms with Crippen molar-refractivity contribution < 1.29 is 5.11 Å². The molecular weight excluding hydrogens is 196 g/mol. The quantitative estimate of drug-likeness (QED) is 0.666. The summed E-state index contributed by atoms with van der Waals surface area (Å²) in [5, 5.41) is 9.24. The molecule has 2 atom stereocenters. The van der Waals surface area contributed by atoms with Crippen LogP contribution in [0.2, 0.25) is 0 Å². The number of aliphatic hydroxyl groups excluding tert-OH is 1. The lowest BCUT2D eigenvalue weighted by Crippen LogP contribution is -2.29. The highest BCUT2D eigenvalue weighted by Crippen LogP contribution is 2.55. The molecule has 90 valence electrons. The third kappa shape index (κ3) is 1.75. The highest BCUT2D eigenvalue weighted by atomic mass is 16.3. The fourth-order valence-electron chi connectivity index (χ4n) is 3.58. The predicted molar refractivity (Wildman–Crippen MR) is 68.2 cm³/mol. The average Bonchev–Trinajstić information content (AvgIpc) is 2.72. The Bertz CT molecular complexity index is 337. The van der Waals surface area contributed by atoms with E-state index < -0.39 is 0 Å². The first-order valence-corrected chi connectivity index (χ1v) is 6.56. The summed E-state index contributed by atoms with van der Waals surface area (Å²) in [6.07, 6.45) is 8.72. The van der Waals surface area contributed by atoms with Crippen molar-refractivity contribution in [1.82, 2.24) is 0 Å². The summed E-state index contributed by atoms with van der Waals surface area (Å²) in [4.78, 5) is 0. The molecule has 0 heterocycles. The van der Waals surface area contributed by atoms with Crippen molar-refractivity contribution >= 4 is 0 Å². The SMILES string of the molecule is CC1=CCC[C@@H](C)[C@]12CC/C(=C(\C)CO)C2. The Morgan fingerprint density at radius 1 is 1.56 bits per heavy atom. The van der Waals surface area contributed by atoms with Gasteiger partial charge in [0.05, 0.1) is 6.61 Å².